The van der Waals surface area contributed by atoms with Gasteiger partial charge < -0.3 is 16.0 Å². The SMILES string of the molecule is CCC(C)C(N)C(=O)N(C)CC(=O)Nc1ccc(C)cc1.Cl. The highest BCUT2D eigenvalue weighted by atomic mass is 35.5. The maximum Gasteiger partial charge on any atom is 0.243 e. The van der Waals surface area contributed by atoms with Crippen molar-refractivity contribution in [2.75, 3.05) is 18.9 Å². The van der Waals surface area contributed by atoms with E-state index in [1.807, 2.05) is 45.0 Å². The first-order chi connectivity index (χ1) is 9.85. The van der Waals surface area contributed by atoms with Gasteiger partial charge in [-0.05, 0) is 25.0 Å². The highest BCUT2D eigenvalue weighted by molar-refractivity contribution is 5.95. The third kappa shape index (κ3) is 6.03. The largest absolute Gasteiger partial charge is 0.335 e. The molecule has 0 heterocycles. The molecular weight excluding hydrogens is 302 g/mol. The summed E-state index contributed by atoms with van der Waals surface area (Å²) < 4.78 is 0. The zero-order valence-corrected chi connectivity index (χ0v) is 14.4. The van der Waals surface area contributed by atoms with Crippen molar-refractivity contribution >= 4 is 29.9 Å². The van der Waals surface area contributed by atoms with Crippen molar-refractivity contribution in [1.29, 1.82) is 0 Å². The first-order valence-electron chi connectivity index (χ1n) is 7.22. The monoisotopic (exact) mass is 327 g/mol. The van der Waals surface area contributed by atoms with Crippen LogP contribution in [0, 0.1) is 12.8 Å². The number of benzene rings is 1. The predicted molar refractivity (Wildman–Crippen MR) is 92.1 cm³/mol. The van der Waals surface area contributed by atoms with Gasteiger partial charge in [0.05, 0.1) is 12.6 Å². The average Bonchev–Trinajstić information content (AvgIpc) is 2.47. The third-order valence-corrected chi connectivity index (χ3v) is 3.63. The van der Waals surface area contributed by atoms with Crippen LogP contribution in [0.4, 0.5) is 5.69 Å². The first-order valence-corrected chi connectivity index (χ1v) is 7.22. The van der Waals surface area contributed by atoms with Crippen molar-refractivity contribution in [2.24, 2.45) is 11.7 Å². The maximum atomic E-state index is 12.1. The van der Waals surface area contributed by atoms with Crippen molar-refractivity contribution in [3.05, 3.63) is 29.8 Å². The van der Waals surface area contributed by atoms with E-state index in [1.54, 1.807) is 7.05 Å². The summed E-state index contributed by atoms with van der Waals surface area (Å²) in [5, 5.41) is 2.76. The van der Waals surface area contributed by atoms with Crippen LogP contribution in [0.3, 0.4) is 0 Å². The minimum atomic E-state index is -0.563. The molecule has 1 rings (SSSR count). The molecular formula is C16H26ClN3O2. The fraction of sp³-hybridized carbons (Fsp3) is 0.500. The molecule has 2 atom stereocenters. The lowest BCUT2D eigenvalue weighted by atomic mass is 9.99. The molecule has 0 aliphatic heterocycles. The Kier molecular flexibility index (Phi) is 8.75. The van der Waals surface area contributed by atoms with Crippen LogP contribution in [0.1, 0.15) is 25.8 Å². The fourth-order valence-electron chi connectivity index (χ4n) is 1.88. The van der Waals surface area contributed by atoms with Crippen molar-refractivity contribution in [1.82, 2.24) is 4.90 Å². The zero-order valence-electron chi connectivity index (χ0n) is 13.6. The van der Waals surface area contributed by atoms with E-state index in [0.29, 0.717) is 0 Å². The van der Waals surface area contributed by atoms with Gasteiger partial charge in [0.2, 0.25) is 11.8 Å². The summed E-state index contributed by atoms with van der Waals surface area (Å²) in [5.74, 6) is -0.338. The average molecular weight is 328 g/mol. The van der Waals surface area contributed by atoms with E-state index in [-0.39, 0.29) is 36.7 Å². The van der Waals surface area contributed by atoms with Crippen LogP contribution in [-0.2, 0) is 9.59 Å². The summed E-state index contributed by atoms with van der Waals surface area (Å²) in [7, 11) is 1.60. The number of halogens is 1. The second kappa shape index (κ2) is 9.43. The number of anilines is 1. The number of rotatable bonds is 6. The van der Waals surface area contributed by atoms with Crippen LogP contribution in [0.15, 0.2) is 24.3 Å². The standard InChI is InChI=1S/C16H25N3O2.ClH/c1-5-12(3)15(17)16(21)19(4)10-14(20)18-13-8-6-11(2)7-9-13;/h6-9,12,15H,5,10,17H2,1-4H3,(H,18,20);1H. The van der Waals surface area contributed by atoms with Crippen molar-refractivity contribution in [3.8, 4) is 0 Å². The van der Waals surface area contributed by atoms with Crippen molar-refractivity contribution in [3.63, 3.8) is 0 Å². The summed E-state index contributed by atoms with van der Waals surface area (Å²) in [5.41, 5.74) is 7.74. The maximum absolute atomic E-state index is 12.1. The van der Waals surface area contributed by atoms with Crippen LogP contribution in [0.5, 0.6) is 0 Å². The van der Waals surface area contributed by atoms with E-state index in [0.717, 1.165) is 17.7 Å². The van der Waals surface area contributed by atoms with Crippen LogP contribution < -0.4 is 11.1 Å². The van der Waals surface area contributed by atoms with Gasteiger partial charge in [0.1, 0.15) is 0 Å². The smallest absolute Gasteiger partial charge is 0.243 e. The number of amides is 2. The molecule has 22 heavy (non-hydrogen) atoms. The number of aryl methyl sites for hydroxylation is 1. The van der Waals surface area contributed by atoms with Gasteiger partial charge in [-0.3, -0.25) is 9.59 Å². The molecule has 124 valence electrons. The fourth-order valence-corrected chi connectivity index (χ4v) is 1.88. The molecule has 1 aromatic carbocycles. The van der Waals surface area contributed by atoms with Gasteiger partial charge in [-0.15, -0.1) is 12.4 Å². The minimum Gasteiger partial charge on any atom is -0.335 e. The van der Waals surface area contributed by atoms with Gasteiger partial charge in [-0.1, -0.05) is 38.0 Å². The van der Waals surface area contributed by atoms with Crippen LogP contribution in [-0.4, -0.2) is 36.3 Å². The molecule has 0 fully saturated rings. The second-order valence-electron chi connectivity index (χ2n) is 5.52. The topological polar surface area (TPSA) is 75.4 Å². The van der Waals surface area contributed by atoms with E-state index in [4.69, 9.17) is 5.73 Å². The molecule has 0 spiro atoms. The number of carbonyl (C=O) groups excluding carboxylic acids is 2. The summed E-state index contributed by atoms with van der Waals surface area (Å²) in [6, 6.07) is 6.94. The number of nitrogens with two attached hydrogens (primary N) is 1. The molecule has 0 bridgehead atoms. The number of hydrogen-bond acceptors (Lipinski definition) is 3. The Hall–Kier alpha value is -1.59. The third-order valence-electron chi connectivity index (χ3n) is 3.63. The summed E-state index contributed by atoms with van der Waals surface area (Å²) in [4.78, 5) is 25.4. The van der Waals surface area contributed by atoms with Crippen LogP contribution >= 0.6 is 12.4 Å². The van der Waals surface area contributed by atoms with E-state index in [1.165, 1.54) is 4.90 Å². The van der Waals surface area contributed by atoms with Crippen molar-refractivity contribution < 1.29 is 9.59 Å². The molecule has 2 amide bonds. The molecule has 0 aliphatic carbocycles. The summed E-state index contributed by atoms with van der Waals surface area (Å²) in [6.07, 6.45) is 0.830. The van der Waals surface area contributed by atoms with Gasteiger partial charge >= 0.3 is 0 Å². The molecule has 0 saturated heterocycles. The van der Waals surface area contributed by atoms with E-state index < -0.39 is 6.04 Å². The van der Waals surface area contributed by atoms with E-state index >= 15 is 0 Å². The molecule has 0 saturated carbocycles. The molecule has 0 aromatic heterocycles. The first kappa shape index (κ1) is 20.4. The molecule has 2 unspecified atom stereocenters. The molecule has 3 N–H and O–H groups in total. The molecule has 0 radical (unpaired) electrons. The normalized spacial score (nSPS) is 12.8. The van der Waals surface area contributed by atoms with Crippen LogP contribution in [0.25, 0.3) is 0 Å². The molecule has 6 heteroatoms. The minimum absolute atomic E-state index is 0. The van der Waals surface area contributed by atoms with Gasteiger partial charge in [0.25, 0.3) is 0 Å². The lowest BCUT2D eigenvalue weighted by Crippen LogP contribution is -2.47. The van der Waals surface area contributed by atoms with Crippen LogP contribution in [0.2, 0.25) is 0 Å². The second-order valence-corrected chi connectivity index (χ2v) is 5.52. The number of likely N-dealkylation sites (N-methyl/N-ethyl adjacent to an activating group) is 1. The Morgan fingerprint density at radius 2 is 1.82 bits per heavy atom. The Bertz CT molecular complexity index is 491. The van der Waals surface area contributed by atoms with E-state index in [2.05, 4.69) is 5.32 Å². The Morgan fingerprint density at radius 1 is 1.27 bits per heavy atom. The highest BCUT2D eigenvalue weighted by Crippen LogP contribution is 2.10. The Morgan fingerprint density at radius 3 is 2.32 bits per heavy atom. The summed E-state index contributed by atoms with van der Waals surface area (Å²) >= 11 is 0. The zero-order chi connectivity index (χ0) is 16.0. The van der Waals surface area contributed by atoms with Gasteiger partial charge in [0.15, 0.2) is 0 Å². The summed E-state index contributed by atoms with van der Waals surface area (Å²) in [6.45, 7) is 5.90. The number of carbonyl (C=O) groups is 2. The predicted octanol–water partition coefficient (Wildman–Crippen LogP) is 2.19. The van der Waals surface area contributed by atoms with Gasteiger partial charge in [0, 0.05) is 12.7 Å². The quantitative estimate of drug-likeness (QED) is 0.841. The molecule has 0 aliphatic rings. The number of nitrogens with one attached hydrogen (secondary N) is 1. The lowest BCUT2D eigenvalue weighted by Gasteiger charge is -2.24. The van der Waals surface area contributed by atoms with E-state index in [9.17, 15) is 9.59 Å². The Labute approximate surface area is 138 Å². The molecule has 1 aromatic rings. The molecule has 5 nitrogen and oxygen atoms in total. The lowest BCUT2D eigenvalue weighted by molar-refractivity contribution is -0.135. The highest BCUT2D eigenvalue weighted by Gasteiger charge is 2.23. The Balaban J connectivity index is 0.00000441. The van der Waals surface area contributed by atoms with Gasteiger partial charge in [-0.2, -0.15) is 0 Å². The number of hydrogen-bond donors (Lipinski definition) is 2. The number of nitrogens with zero attached hydrogens (tertiary/aromatic N) is 1. The van der Waals surface area contributed by atoms with Gasteiger partial charge in [-0.25, -0.2) is 0 Å². The van der Waals surface area contributed by atoms with Crippen molar-refractivity contribution in [2.45, 2.75) is 33.2 Å².